The van der Waals surface area contributed by atoms with Crippen LogP contribution in [-0.2, 0) is 0 Å². The number of likely N-dealkylation sites (tertiary alicyclic amines) is 1. The molecule has 1 aliphatic rings. The van der Waals surface area contributed by atoms with E-state index in [0.29, 0.717) is 0 Å². The lowest BCUT2D eigenvalue weighted by Crippen LogP contribution is -2.23. The van der Waals surface area contributed by atoms with E-state index in [1.54, 1.807) is 12.4 Å². The van der Waals surface area contributed by atoms with E-state index in [9.17, 15) is 0 Å². The molecule has 1 aromatic heterocycles. The molecular formula is C18H26N6. The third-order valence-corrected chi connectivity index (χ3v) is 4.31. The molecule has 1 aromatic rings. The van der Waals surface area contributed by atoms with Crippen molar-refractivity contribution in [1.82, 2.24) is 14.9 Å². The molecule has 128 valence electrons. The quantitative estimate of drug-likeness (QED) is 0.812. The minimum Gasteiger partial charge on any atom is -0.368 e. The van der Waals surface area contributed by atoms with Gasteiger partial charge in [0.2, 0.25) is 5.95 Å². The van der Waals surface area contributed by atoms with Gasteiger partial charge in [-0.25, -0.2) is 15.0 Å². The van der Waals surface area contributed by atoms with Gasteiger partial charge in [0.1, 0.15) is 5.82 Å². The first kappa shape index (κ1) is 17.8. The van der Waals surface area contributed by atoms with Crippen LogP contribution in [0.1, 0.15) is 45.1 Å². The van der Waals surface area contributed by atoms with Crippen molar-refractivity contribution in [3.05, 3.63) is 35.9 Å². The first-order valence-corrected chi connectivity index (χ1v) is 8.31. The first-order valence-electron chi connectivity index (χ1n) is 8.31. The van der Waals surface area contributed by atoms with E-state index < -0.39 is 0 Å². The van der Waals surface area contributed by atoms with Gasteiger partial charge in [0.05, 0.1) is 0 Å². The third kappa shape index (κ3) is 4.50. The highest BCUT2D eigenvalue weighted by Gasteiger charge is 2.12. The van der Waals surface area contributed by atoms with Crippen LogP contribution in [0.25, 0.3) is 5.57 Å². The number of hydrogen-bond donors (Lipinski definition) is 2. The van der Waals surface area contributed by atoms with Crippen molar-refractivity contribution >= 4 is 23.4 Å². The van der Waals surface area contributed by atoms with Crippen LogP contribution in [0.15, 0.2) is 35.4 Å². The Hall–Kier alpha value is -2.50. The van der Waals surface area contributed by atoms with Crippen LogP contribution in [0.5, 0.6) is 0 Å². The van der Waals surface area contributed by atoms with Gasteiger partial charge in [-0.15, -0.1) is 0 Å². The molecule has 6 nitrogen and oxygen atoms in total. The number of nitrogens with zero attached hydrogens (tertiary/aromatic N) is 4. The van der Waals surface area contributed by atoms with Crippen molar-refractivity contribution in [3.8, 4) is 0 Å². The molecule has 24 heavy (non-hydrogen) atoms. The largest absolute Gasteiger partial charge is 0.368 e. The van der Waals surface area contributed by atoms with Gasteiger partial charge in [-0.05, 0) is 32.3 Å². The number of aromatic nitrogens is 2. The van der Waals surface area contributed by atoms with Crippen molar-refractivity contribution in [2.75, 3.05) is 18.8 Å². The summed E-state index contributed by atoms with van der Waals surface area (Å²) in [5.41, 5.74) is 8.78. The summed E-state index contributed by atoms with van der Waals surface area (Å²) in [4.78, 5) is 14.9. The van der Waals surface area contributed by atoms with Gasteiger partial charge >= 0.3 is 0 Å². The smallest absolute Gasteiger partial charge is 0.219 e. The van der Waals surface area contributed by atoms with Gasteiger partial charge in [0.25, 0.3) is 0 Å². The predicted molar refractivity (Wildman–Crippen MR) is 100 cm³/mol. The van der Waals surface area contributed by atoms with E-state index in [-0.39, 0.29) is 5.95 Å². The van der Waals surface area contributed by atoms with Gasteiger partial charge in [-0.3, -0.25) is 0 Å². The Bertz CT molecular complexity index is 649. The topological polar surface area (TPSA) is 91.2 Å². The van der Waals surface area contributed by atoms with Crippen LogP contribution >= 0.6 is 0 Å². The summed E-state index contributed by atoms with van der Waals surface area (Å²) in [5.74, 6) is 1.01. The first-order chi connectivity index (χ1) is 11.5. The van der Waals surface area contributed by atoms with Crippen molar-refractivity contribution in [2.24, 2.45) is 4.99 Å². The van der Waals surface area contributed by atoms with Crippen molar-refractivity contribution in [3.63, 3.8) is 0 Å². The molecule has 0 bridgehead atoms. The Kier molecular flexibility index (Phi) is 6.23. The highest BCUT2D eigenvalue weighted by molar-refractivity contribution is 6.20. The second kappa shape index (κ2) is 8.38. The van der Waals surface area contributed by atoms with Crippen LogP contribution in [0.3, 0.4) is 0 Å². The SMILES string of the molecule is C=C(/N=C(C)\C(C=N)=C(/C)c1cnc(N)nc1)N1CCCCCC1. The molecule has 0 spiro atoms. The fourth-order valence-corrected chi connectivity index (χ4v) is 2.82. The Labute approximate surface area is 143 Å². The lowest BCUT2D eigenvalue weighted by atomic mass is 10.0. The number of hydrogen-bond acceptors (Lipinski definition) is 6. The second-order valence-electron chi connectivity index (χ2n) is 6.03. The summed E-state index contributed by atoms with van der Waals surface area (Å²) in [5, 5.41) is 7.76. The minimum absolute atomic E-state index is 0.239. The van der Waals surface area contributed by atoms with E-state index in [1.807, 2.05) is 13.8 Å². The van der Waals surface area contributed by atoms with Crippen molar-refractivity contribution < 1.29 is 0 Å². The third-order valence-electron chi connectivity index (χ3n) is 4.31. The number of allylic oxidation sites excluding steroid dienone is 2. The zero-order valence-electron chi connectivity index (χ0n) is 14.5. The van der Waals surface area contributed by atoms with Crippen molar-refractivity contribution in [2.45, 2.75) is 39.5 Å². The fourth-order valence-electron chi connectivity index (χ4n) is 2.82. The molecule has 0 saturated carbocycles. The normalized spacial score (nSPS) is 17.1. The summed E-state index contributed by atoms with van der Waals surface area (Å²) < 4.78 is 0. The molecule has 1 aliphatic heterocycles. The molecule has 6 heteroatoms. The maximum Gasteiger partial charge on any atom is 0.219 e. The zero-order valence-corrected chi connectivity index (χ0v) is 14.5. The van der Waals surface area contributed by atoms with E-state index in [1.165, 1.54) is 31.9 Å². The van der Waals surface area contributed by atoms with Gasteiger partial charge < -0.3 is 16.0 Å². The van der Waals surface area contributed by atoms with E-state index >= 15 is 0 Å². The van der Waals surface area contributed by atoms with Crippen LogP contribution in [-0.4, -0.2) is 39.9 Å². The average molecular weight is 326 g/mol. The maximum absolute atomic E-state index is 7.76. The molecule has 0 atom stereocenters. The van der Waals surface area contributed by atoms with Crippen LogP contribution in [0.4, 0.5) is 5.95 Å². The summed E-state index contributed by atoms with van der Waals surface area (Å²) in [6.07, 6.45) is 9.56. The molecule has 1 saturated heterocycles. The monoisotopic (exact) mass is 326 g/mol. The summed E-state index contributed by atoms with van der Waals surface area (Å²) in [6, 6.07) is 0. The maximum atomic E-state index is 7.76. The molecule has 0 aliphatic carbocycles. The Balaban J connectivity index is 2.24. The summed E-state index contributed by atoms with van der Waals surface area (Å²) in [6.45, 7) is 9.97. The van der Waals surface area contributed by atoms with Crippen LogP contribution < -0.4 is 5.73 Å². The zero-order chi connectivity index (χ0) is 17.5. The molecule has 3 N–H and O–H groups in total. The minimum atomic E-state index is 0.239. The number of anilines is 1. The highest BCUT2D eigenvalue weighted by Crippen LogP contribution is 2.19. The van der Waals surface area contributed by atoms with E-state index in [2.05, 4.69) is 26.4 Å². The number of rotatable bonds is 5. The Morgan fingerprint density at radius 1 is 1.21 bits per heavy atom. The lowest BCUT2D eigenvalue weighted by molar-refractivity contribution is 0.357. The van der Waals surface area contributed by atoms with Crippen LogP contribution in [0.2, 0.25) is 0 Å². The lowest BCUT2D eigenvalue weighted by Gasteiger charge is -2.22. The molecule has 0 aromatic carbocycles. The predicted octanol–water partition coefficient (Wildman–Crippen LogP) is 3.29. The average Bonchev–Trinajstić information content (AvgIpc) is 2.85. The van der Waals surface area contributed by atoms with Gasteiger partial charge in [0, 0.05) is 48.5 Å². The number of nitrogens with one attached hydrogen (secondary N) is 1. The Morgan fingerprint density at radius 3 is 2.33 bits per heavy atom. The second-order valence-corrected chi connectivity index (χ2v) is 6.03. The molecule has 1 fully saturated rings. The molecule has 2 heterocycles. The van der Waals surface area contributed by atoms with Gasteiger partial charge in [-0.1, -0.05) is 19.4 Å². The summed E-state index contributed by atoms with van der Waals surface area (Å²) >= 11 is 0. The van der Waals surface area contributed by atoms with E-state index in [0.717, 1.165) is 41.3 Å². The number of nitrogen functional groups attached to an aromatic ring is 1. The highest BCUT2D eigenvalue weighted by atomic mass is 15.2. The van der Waals surface area contributed by atoms with Gasteiger partial charge in [-0.2, -0.15) is 0 Å². The van der Waals surface area contributed by atoms with E-state index in [4.69, 9.17) is 11.1 Å². The standard InChI is InChI=1S/C18H26N6/c1-13(16-11-21-18(20)22-12-16)17(10-19)14(2)23-15(3)24-8-6-4-5-7-9-24/h10-12,19H,3-9H2,1-2H3,(H2,20,21,22)/b17-13+,19-10?,23-14-. The number of aliphatic imine (C=N–C) groups is 1. The summed E-state index contributed by atoms with van der Waals surface area (Å²) in [7, 11) is 0. The molecule has 0 radical (unpaired) electrons. The molecular weight excluding hydrogens is 300 g/mol. The number of nitrogens with two attached hydrogens (primary N) is 1. The van der Waals surface area contributed by atoms with Gasteiger partial charge in [0.15, 0.2) is 0 Å². The molecule has 0 unspecified atom stereocenters. The fraction of sp³-hybridized carbons (Fsp3) is 0.444. The van der Waals surface area contributed by atoms with Crippen LogP contribution in [0, 0.1) is 5.41 Å². The Morgan fingerprint density at radius 2 is 1.79 bits per heavy atom. The molecule has 0 amide bonds. The molecule has 2 rings (SSSR count). The van der Waals surface area contributed by atoms with Crippen molar-refractivity contribution in [1.29, 1.82) is 5.41 Å².